The third-order valence-corrected chi connectivity index (χ3v) is 2.05. The van der Waals surface area contributed by atoms with Gasteiger partial charge in [-0.05, 0) is 25.3 Å². The van der Waals surface area contributed by atoms with Crippen LogP contribution in [-0.4, -0.2) is 11.2 Å². The van der Waals surface area contributed by atoms with Crippen LogP contribution in [0.25, 0.3) is 0 Å². The van der Waals surface area contributed by atoms with Gasteiger partial charge < -0.3 is 5.11 Å². The molecule has 1 rings (SSSR count). The summed E-state index contributed by atoms with van der Waals surface area (Å²) in [5, 5.41) is 9.42. The summed E-state index contributed by atoms with van der Waals surface area (Å²) in [6.45, 7) is 0. The van der Waals surface area contributed by atoms with Gasteiger partial charge in [0.05, 0.1) is 6.10 Å². The maximum atomic E-state index is 9.42. The van der Waals surface area contributed by atoms with Crippen LogP contribution >= 0.6 is 0 Å². The van der Waals surface area contributed by atoms with E-state index >= 15 is 0 Å². The summed E-state index contributed by atoms with van der Waals surface area (Å²) in [4.78, 5) is 0. The Hall–Kier alpha value is -0.740. The molecule has 12 heavy (non-hydrogen) atoms. The highest BCUT2D eigenvalue weighted by atomic mass is 16.3. The molecule has 0 saturated heterocycles. The first-order valence-electron chi connectivity index (χ1n) is 4.71. The predicted octanol–water partition coefficient (Wildman–Crippen LogP) is 2.26. The van der Waals surface area contributed by atoms with Gasteiger partial charge in [-0.15, -0.1) is 0 Å². The van der Waals surface area contributed by atoms with Crippen molar-refractivity contribution in [3.8, 4) is 11.8 Å². The Kier molecular flexibility index (Phi) is 4.56. The summed E-state index contributed by atoms with van der Waals surface area (Å²) >= 11 is 0. The molecule has 0 spiro atoms. The van der Waals surface area contributed by atoms with Crippen molar-refractivity contribution in [2.75, 3.05) is 0 Å². The van der Waals surface area contributed by atoms with E-state index in [2.05, 4.69) is 11.8 Å². The Morgan fingerprint density at radius 3 is 3.08 bits per heavy atom. The molecule has 66 valence electrons. The number of aliphatic hydroxyl groups excluding tert-OH is 1. The lowest BCUT2D eigenvalue weighted by molar-refractivity contribution is 0.164. The molecule has 1 aliphatic rings. The van der Waals surface area contributed by atoms with Gasteiger partial charge in [0.2, 0.25) is 0 Å². The fourth-order valence-electron chi connectivity index (χ4n) is 1.30. The number of rotatable bonds is 0. The van der Waals surface area contributed by atoms with Gasteiger partial charge in [0.1, 0.15) is 0 Å². The molecule has 0 aromatic heterocycles. The second-order valence-corrected chi connectivity index (χ2v) is 3.21. The van der Waals surface area contributed by atoms with Gasteiger partial charge in [-0.25, -0.2) is 0 Å². The molecular formula is C11H16O. The van der Waals surface area contributed by atoms with Crippen molar-refractivity contribution in [1.82, 2.24) is 0 Å². The fourth-order valence-corrected chi connectivity index (χ4v) is 1.30. The van der Waals surface area contributed by atoms with Crippen molar-refractivity contribution < 1.29 is 5.11 Å². The molecule has 1 unspecified atom stereocenters. The first-order chi connectivity index (χ1) is 5.89. The Labute approximate surface area is 74.5 Å². The van der Waals surface area contributed by atoms with Crippen molar-refractivity contribution in [2.24, 2.45) is 0 Å². The highest BCUT2D eigenvalue weighted by Crippen LogP contribution is 2.08. The first-order valence-corrected chi connectivity index (χ1v) is 4.71. The van der Waals surface area contributed by atoms with Crippen LogP contribution in [0.4, 0.5) is 0 Å². The molecule has 1 nitrogen and oxygen atoms in total. The quantitative estimate of drug-likeness (QED) is 0.544. The van der Waals surface area contributed by atoms with Crippen LogP contribution in [0, 0.1) is 11.8 Å². The maximum Gasteiger partial charge on any atom is 0.0575 e. The third kappa shape index (κ3) is 4.20. The number of allylic oxidation sites excluding steroid dienone is 1. The van der Waals surface area contributed by atoms with Crippen LogP contribution in [0.1, 0.15) is 38.5 Å². The Morgan fingerprint density at radius 2 is 2.17 bits per heavy atom. The predicted molar refractivity (Wildman–Crippen MR) is 50.6 cm³/mol. The second-order valence-electron chi connectivity index (χ2n) is 3.21. The monoisotopic (exact) mass is 164 g/mol. The zero-order chi connectivity index (χ0) is 8.65. The first kappa shape index (κ1) is 9.35. The smallest absolute Gasteiger partial charge is 0.0575 e. The fraction of sp³-hybridized carbons (Fsp3) is 0.636. The molecule has 0 heterocycles. The van der Waals surface area contributed by atoms with Gasteiger partial charge in [0.25, 0.3) is 0 Å². The SMILES string of the molecule is OC1C/C=C\C#CCCCCC1. The van der Waals surface area contributed by atoms with Gasteiger partial charge in [-0.2, -0.15) is 0 Å². The number of hydrogen-bond acceptors (Lipinski definition) is 1. The van der Waals surface area contributed by atoms with E-state index in [1.807, 2.05) is 12.2 Å². The Balaban J connectivity index is 2.37. The highest BCUT2D eigenvalue weighted by Gasteiger charge is 2.00. The molecular weight excluding hydrogens is 148 g/mol. The van der Waals surface area contributed by atoms with E-state index in [9.17, 15) is 5.11 Å². The summed E-state index contributed by atoms with van der Waals surface area (Å²) in [6, 6.07) is 0. The summed E-state index contributed by atoms with van der Waals surface area (Å²) in [7, 11) is 0. The van der Waals surface area contributed by atoms with Gasteiger partial charge in [-0.3, -0.25) is 0 Å². The molecule has 1 aliphatic carbocycles. The lowest BCUT2D eigenvalue weighted by atomic mass is 10.1. The zero-order valence-electron chi connectivity index (χ0n) is 7.42. The van der Waals surface area contributed by atoms with Crippen molar-refractivity contribution >= 4 is 0 Å². The van der Waals surface area contributed by atoms with Crippen molar-refractivity contribution in [2.45, 2.75) is 44.6 Å². The van der Waals surface area contributed by atoms with Crippen LogP contribution in [0.15, 0.2) is 12.2 Å². The van der Waals surface area contributed by atoms with E-state index in [-0.39, 0.29) is 6.10 Å². The van der Waals surface area contributed by atoms with Crippen LogP contribution in [0.2, 0.25) is 0 Å². The van der Waals surface area contributed by atoms with E-state index in [0.29, 0.717) is 0 Å². The molecule has 0 aromatic rings. The lowest BCUT2D eigenvalue weighted by Crippen LogP contribution is -2.03. The minimum absolute atomic E-state index is 0.152. The normalized spacial score (nSPS) is 27.9. The third-order valence-electron chi connectivity index (χ3n) is 2.05. The van der Waals surface area contributed by atoms with Gasteiger partial charge in [0, 0.05) is 6.42 Å². The van der Waals surface area contributed by atoms with Gasteiger partial charge in [0.15, 0.2) is 0 Å². The number of hydrogen-bond donors (Lipinski definition) is 1. The molecule has 1 heteroatoms. The van der Waals surface area contributed by atoms with E-state index in [1.165, 1.54) is 12.8 Å². The van der Waals surface area contributed by atoms with Crippen LogP contribution < -0.4 is 0 Å². The molecule has 1 atom stereocenters. The van der Waals surface area contributed by atoms with E-state index in [1.54, 1.807) is 0 Å². The average molecular weight is 164 g/mol. The molecule has 0 radical (unpaired) electrons. The van der Waals surface area contributed by atoms with Crippen molar-refractivity contribution in [1.29, 1.82) is 0 Å². The summed E-state index contributed by atoms with van der Waals surface area (Å²) < 4.78 is 0. The molecule has 0 fully saturated rings. The Bertz CT molecular complexity index is 195. The van der Waals surface area contributed by atoms with Crippen LogP contribution in [-0.2, 0) is 0 Å². The minimum Gasteiger partial charge on any atom is -0.393 e. The Morgan fingerprint density at radius 1 is 1.25 bits per heavy atom. The molecule has 0 bridgehead atoms. The van der Waals surface area contributed by atoms with Crippen LogP contribution in [0.3, 0.4) is 0 Å². The molecule has 1 N–H and O–H groups in total. The molecule has 0 amide bonds. The number of aliphatic hydroxyl groups is 1. The van der Waals surface area contributed by atoms with E-state index in [4.69, 9.17) is 0 Å². The van der Waals surface area contributed by atoms with Gasteiger partial charge in [-0.1, -0.05) is 30.8 Å². The van der Waals surface area contributed by atoms with E-state index in [0.717, 1.165) is 25.7 Å². The molecule has 0 aliphatic heterocycles. The second kappa shape index (κ2) is 5.85. The standard InChI is InChI=1S/C11H16O/c12-11-9-7-5-3-1-2-4-6-8-10-11/h6,8,11-12H,1,3,5,7,9-10H2/b8-6-. The average Bonchev–Trinajstić information content (AvgIpc) is 2.11. The van der Waals surface area contributed by atoms with Crippen LogP contribution in [0.5, 0.6) is 0 Å². The summed E-state index contributed by atoms with van der Waals surface area (Å²) in [6.07, 6.45) is 9.87. The summed E-state index contributed by atoms with van der Waals surface area (Å²) in [5.74, 6) is 6.04. The van der Waals surface area contributed by atoms with Crippen molar-refractivity contribution in [3.05, 3.63) is 12.2 Å². The molecule has 0 aromatic carbocycles. The topological polar surface area (TPSA) is 20.2 Å². The maximum absolute atomic E-state index is 9.42. The van der Waals surface area contributed by atoms with E-state index < -0.39 is 0 Å². The van der Waals surface area contributed by atoms with Crippen molar-refractivity contribution in [3.63, 3.8) is 0 Å². The summed E-state index contributed by atoms with van der Waals surface area (Å²) in [5.41, 5.74) is 0. The molecule has 0 saturated carbocycles. The highest BCUT2D eigenvalue weighted by molar-refractivity contribution is 5.15. The lowest BCUT2D eigenvalue weighted by Gasteiger charge is -2.05. The largest absolute Gasteiger partial charge is 0.393 e. The zero-order valence-corrected chi connectivity index (χ0v) is 7.42. The minimum atomic E-state index is -0.152. The van der Waals surface area contributed by atoms with Gasteiger partial charge >= 0.3 is 0 Å².